The van der Waals surface area contributed by atoms with Gasteiger partial charge >= 0.3 is 0 Å². The van der Waals surface area contributed by atoms with Crippen molar-refractivity contribution >= 4 is 21.8 Å². The lowest BCUT2D eigenvalue weighted by molar-refractivity contribution is -0.127. The minimum atomic E-state index is 0.0687. The molecule has 0 aromatic heterocycles. The first-order chi connectivity index (χ1) is 6.77. The molecule has 0 N–H and O–H groups in total. The lowest BCUT2D eigenvalue weighted by Gasteiger charge is -2.20. The summed E-state index contributed by atoms with van der Waals surface area (Å²) in [4.78, 5) is 15.9. The Bertz CT molecular complexity index is 247. The first-order valence-electron chi connectivity index (χ1n) is 5.07. The van der Waals surface area contributed by atoms with E-state index >= 15 is 0 Å². The van der Waals surface area contributed by atoms with Gasteiger partial charge < -0.3 is 4.90 Å². The maximum absolute atomic E-state index is 11.6. The highest BCUT2D eigenvalue weighted by molar-refractivity contribution is 9.10. The molecule has 14 heavy (non-hydrogen) atoms. The number of hydrogen-bond acceptors (Lipinski definition) is 2. The number of rotatable bonds is 3. The lowest BCUT2D eigenvalue weighted by atomic mass is 10.4. The highest BCUT2D eigenvalue weighted by atomic mass is 79.9. The van der Waals surface area contributed by atoms with Crippen LogP contribution >= 0.6 is 15.9 Å². The molecule has 78 valence electrons. The molecule has 1 atom stereocenters. The van der Waals surface area contributed by atoms with Crippen molar-refractivity contribution < 1.29 is 4.79 Å². The van der Waals surface area contributed by atoms with Crippen LogP contribution in [0.4, 0.5) is 0 Å². The molecule has 1 unspecified atom stereocenters. The molecule has 2 rings (SSSR count). The molecule has 0 saturated carbocycles. The van der Waals surface area contributed by atoms with Crippen molar-refractivity contribution in [3.8, 4) is 0 Å². The molecule has 0 aromatic carbocycles. The molecule has 2 aliphatic heterocycles. The van der Waals surface area contributed by atoms with Gasteiger partial charge in [0.1, 0.15) is 0 Å². The zero-order chi connectivity index (χ0) is 9.97. The summed E-state index contributed by atoms with van der Waals surface area (Å²) in [5, 5.41) is 0. The second-order valence-electron chi connectivity index (χ2n) is 3.81. The van der Waals surface area contributed by atoms with Gasteiger partial charge in [0.05, 0.1) is 4.83 Å². The molecule has 2 aliphatic rings. The summed E-state index contributed by atoms with van der Waals surface area (Å²) in [7, 11) is 0. The van der Waals surface area contributed by atoms with Crippen LogP contribution in [0.25, 0.3) is 0 Å². The molecule has 1 amide bonds. The Morgan fingerprint density at radius 1 is 1.36 bits per heavy atom. The summed E-state index contributed by atoms with van der Waals surface area (Å²) in [5.74, 6) is 0.261. The molecule has 0 aromatic rings. The molecule has 2 heterocycles. The van der Waals surface area contributed by atoms with Crippen LogP contribution < -0.4 is 0 Å². The van der Waals surface area contributed by atoms with E-state index in [4.69, 9.17) is 0 Å². The van der Waals surface area contributed by atoms with E-state index in [-0.39, 0.29) is 10.7 Å². The van der Waals surface area contributed by atoms with Gasteiger partial charge in [-0.3, -0.25) is 9.69 Å². The number of carbonyl (C=O) groups excluding carboxylic acids is 1. The number of amides is 1. The SMILES string of the molecule is O=C1C(Br)CCN1CCN1CC=CC1. The van der Waals surface area contributed by atoms with Crippen LogP contribution in [0.3, 0.4) is 0 Å². The van der Waals surface area contributed by atoms with Gasteiger partial charge in [0, 0.05) is 32.7 Å². The molecular weight excluding hydrogens is 244 g/mol. The Morgan fingerprint density at radius 2 is 2.07 bits per heavy atom. The summed E-state index contributed by atoms with van der Waals surface area (Å²) in [6, 6.07) is 0. The largest absolute Gasteiger partial charge is 0.340 e. The van der Waals surface area contributed by atoms with Crippen molar-refractivity contribution in [1.82, 2.24) is 9.80 Å². The summed E-state index contributed by atoms with van der Waals surface area (Å²) in [5.41, 5.74) is 0. The smallest absolute Gasteiger partial charge is 0.236 e. The second-order valence-corrected chi connectivity index (χ2v) is 4.92. The fourth-order valence-electron chi connectivity index (χ4n) is 1.89. The van der Waals surface area contributed by atoms with E-state index in [9.17, 15) is 4.79 Å². The topological polar surface area (TPSA) is 23.6 Å². The van der Waals surface area contributed by atoms with E-state index in [1.165, 1.54) is 0 Å². The normalized spacial score (nSPS) is 27.9. The Morgan fingerprint density at radius 3 is 2.64 bits per heavy atom. The minimum absolute atomic E-state index is 0.0687. The maximum Gasteiger partial charge on any atom is 0.236 e. The first-order valence-corrected chi connectivity index (χ1v) is 5.99. The summed E-state index contributed by atoms with van der Waals surface area (Å²) >= 11 is 3.38. The lowest BCUT2D eigenvalue weighted by Crippen LogP contribution is -2.35. The molecule has 0 bridgehead atoms. The third kappa shape index (κ3) is 2.17. The van der Waals surface area contributed by atoms with E-state index in [0.717, 1.165) is 39.1 Å². The fourth-order valence-corrected chi connectivity index (χ4v) is 2.38. The van der Waals surface area contributed by atoms with Crippen molar-refractivity contribution in [2.45, 2.75) is 11.2 Å². The maximum atomic E-state index is 11.6. The van der Waals surface area contributed by atoms with Crippen molar-refractivity contribution in [2.24, 2.45) is 0 Å². The van der Waals surface area contributed by atoms with Crippen LogP contribution in [0.2, 0.25) is 0 Å². The standard InChI is InChI=1S/C10H15BrN2O/c11-9-3-6-13(10(9)14)8-7-12-4-1-2-5-12/h1-2,9H,3-8H2. The van der Waals surface area contributed by atoms with Gasteiger partial charge in [-0.1, -0.05) is 28.1 Å². The summed E-state index contributed by atoms with van der Waals surface area (Å²) in [6.07, 6.45) is 5.31. The number of alkyl halides is 1. The molecule has 0 aliphatic carbocycles. The first kappa shape index (κ1) is 10.2. The third-order valence-corrected chi connectivity index (χ3v) is 3.66. The quantitative estimate of drug-likeness (QED) is 0.554. The van der Waals surface area contributed by atoms with Gasteiger partial charge in [-0.25, -0.2) is 0 Å². The van der Waals surface area contributed by atoms with Gasteiger partial charge in [0.25, 0.3) is 0 Å². The molecule has 1 saturated heterocycles. The number of hydrogen-bond donors (Lipinski definition) is 0. The van der Waals surface area contributed by atoms with Crippen LogP contribution in [0.5, 0.6) is 0 Å². The van der Waals surface area contributed by atoms with Gasteiger partial charge in [-0.15, -0.1) is 0 Å². The average molecular weight is 259 g/mol. The highest BCUT2D eigenvalue weighted by Gasteiger charge is 2.29. The van der Waals surface area contributed by atoms with E-state index in [0.29, 0.717) is 0 Å². The van der Waals surface area contributed by atoms with Crippen molar-refractivity contribution in [1.29, 1.82) is 0 Å². The van der Waals surface area contributed by atoms with E-state index < -0.39 is 0 Å². The van der Waals surface area contributed by atoms with Gasteiger partial charge in [0.2, 0.25) is 5.91 Å². The second kappa shape index (κ2) is 4.45. The van der Waals surface area contributed by atoms with Crippen LogP contribution in [-0.4, -0.2) is 53.3 Å². The van der Waals surface area contributed by atoms with E-state index in [1.807, 2.05) is 4.90 Å². The summed E-state index contributed by atoms with van der Waals surface area (Å²) in [6.45, 7) is 4.87. The van der Waals surface area contributed by atoms with E-state index in [1.54, 1.807) is 0 Å². The average Bonchev–Trinajstić information content (AvgIpc) is 2.77. The zero-order valence-electron chi connectivity index (χ0n) is 8.16. The predicted octanol–water partition coefficient (Wildman–Crippen LogP) is 0.854. The molecule has 4 heteroatoms. The number of likely N-dealkylation sites (tertiary alicyclic amines) is 1. The molecule has 1 fully saturated rings. The van der Waals surface area contributed by atoms with Gasteiger partial charge in [0.15, 0.2) is 0 Å². The number of halogens is 1. The van der Waals surface area contributed by atoms with Crippen LogP contribution in [-0.2, 0) is 4.79 Å². The Kier molecular flexibility index (Phi) is 3.23. The van der Waals surface area contributed by atoms with Crippen LogP contribution in [0.1, 0.15) is 6.42 Å². The highest BCUT2D eigenvalue weighted by Crippen LogP contribution is 2.17. The van der Waals surface area contributed by atoms with Gasteiger partial charge in [-0.2, -0.15) is 0 Å². The van der Waals surface area contributed by atoms with Crippen molar-refractivity contribution in [3.05, 3.63) is 12.2 Å². The molecule has 3 nitrogen and oxygen atoms in total. The third-order valence-electron chi connectivity index (χ3n) is 2.81. The number of nitrogens with zero attached hydrogens (tertiary/aromatic N) is 2. The Balaban J connectivity index is 1.73. The molecular formula is C10H15BrN2O. The van der Waals surface area contributed by atoms with Crippen LogP contribution in [0, 0.1) is 0 Å². The number of carbonyl (C=O) groups is 1. The zero-order valence-corrected chi connectivity index (χ0v) is 9.74. The molecule has 0 radical (unpaired) electrons. The Labute approximate surface area is 92.9 Å². The Hall–Kier alpha value is -0.350. The van der Waals surface area contributed by atoms with Crippen molar-refractivity contribution in [2.75, 3.05) is 32.7 Å². The van der Waals surface area contributed by atoms with Crippen LogP contribution in [0.15, 0.2) is 12.2 Å². The van der Waals surface area contributed by atoms with Crippen molar-refractivity contribution in [3.63, 3.8) is 0 Å². The fraction of sp³-hybridized carbons (Fsp3) is 0.700. The summed E-state index contributed by atoms with van der Waals surface area (Å²) < 4.78 is 0. The van der Waals surface area contributed by atoms with Gasteiger partial charge in [-0.05, 0) is 6.42 Å². The predicted molar refractivity (Wildman–Crippen MR) is 59.5 cm³/mol. The van der Waals surface area contributed by atoms with E-state index in [2.05, 4.69) is 33.0 Å². The monoisotopic (exact) mass is 258 g/mol. The minimum Gasteiger partial charge on any atom is -0.340 e. The molecule has 0 spiro atoms.